The number of anilines is 1. The van der Waals surface area contributed by atoms with Crippen LogP contribution in [-0.4, -0.2) is 59.2 Å². The van der Waals surface area contributed by atoms with E-state index in [2.05, 4.69) is 15.1 Å². The first-order valence-electron chi connectivity index (χ1n) is 12.9. The van der Waals surface area contributed by atoms with Gasteiger partial charge in [-0.05, 0) is 62.1 Å². The lowest BCUT2D eigenvalue weighted by molar-refractivity contribution is -0.138. The molecule has 1 unspecified atom stereocenters. The number of nitrogens with two attached hydrogens (primary N) is 1. The molecular weight excluding hydrogens is 473 g/mol. The third-order valence-corrected chi connectivity index (χ3v) is 8.31. The molecule has 0 spiro atoms. The molecule has 3 aliphatic rings. The monoisotopic (exact) mass is 501 g/mol. The first kappa shape index (κ1) is 22.4. The molecule has 1 saturated carbocycles. The maximum atomic E-state index is 15.1. The number of fused-ring (bicyclic) bond motifs is 3. The first-order valence-corrected chi connectivity index (χ1v) is 12.9. The minimum Gasteiger partial charge on any atom is -0.387 e. The van der Waals surface area contributed by atoms with Crippen LogP contribution in [0.15, 0.2) is 36.8 Å². The molecule has 4 aromatic rings. The van der Waals surface area contributed by atoms with Gasteiger partial charge in [0, 0.05) is 41.5 Å². The third kappa shape index (κ3) is 3.53. The number of aromatic nitrogens is 5. The Bertz CT molecular complexity index is 1500. The zero-order valence-corrected chi connectivity index (χ0v) is 20.3. The second-order valence-electron chi connectivity index (χ2n) is 10.5. The number of rotatable bonds is 5. The van der Waals surface area contributed by atoms with Crippen molar-refractivity contribution in [3.63, 3.8) is 0 Å². The molecule has 3 aromatic heterocycles. The predicted octanol–water partition coefficient (Wildman–Crippen LogP) is 3.61. The molecule has 10 heteroatoms. The molecule has 2 bridgehead atoms. The summed E-state index contributed by atoms with van der Waals surface area (Å²) in [6, 6.07) is 5.27. The number of carbonyl (C=O) groups excluding carboxylic acids is 1. The SMILES string of the molecule is Nc1c(C2CC2)c(C2C[C@H]3CC[C@@H](C2)N3C(=O)CO)nc2c(-c3ccc(-c4ncc[nH]4)c(F)c3)cnn12. The van der Waals surface area contributed by atoms with E-state index in [1.807, 2.05) is 11.0 Å². The number of nitrogens with zero attached hydrogens (tertiary/aromatic N) is 5. The number of halogens is 1. The van der Waals surface area contributed by atoms with Crippen LogP contribution in [0.1, 0.15) is 61.6 Å². The van der Waals surface area contributed by atoms with Crippen LogP contribution in [-0.2, 0) is 4.79 Å². The number of aromatic amines is 1. The molecule has 3 fully saturated rings. The maximum Gasteiger partial charge on any atom is 0.248 e. The number of imidazole rings is 1. The van der Waals surface area contributed by atoms with Crippen molar-refractivity contribution in [1.29, 1.82) is 0 Å². The second kappa shape index (κ2) is 8.37. The topological polar surface area (TPSA) is 125 Å². The number of carbonyl (C=O) groups is 1. The molecule has 2 aliphatic heterocycles. The van der Waals surface area contributed by atoms with E-state index in [4.69, 9.17) is 10.7 Å². The lowest BCUT2D eigenvalue weighted by Gasteiger charge is -2.39. The van der Waals surface area contributed by atoms with Gasteiger partial charge < -0.3 is 20.7 Å². The number of amides is 1. The molecule has 9 nitrogen and oxygen atoms in total. The number of H-pyrrole nitrogens is 1. The summed E-state index contributed by atoms with van der Waals surface area (Å²) >= 11 is 0. The molecule has 1 aromatic carbocycles. The molecular formula is C27H28FN7O2. The Labute approximate surface area is 212 Å². The van der Waals surface area contributed by atoms with Crippen LogP contribution in [0.4, 0.5) is 10.2 Å². The minimum absolute atomic E-state index is 0.113. The highest BCUT2D eigenvalue weighted by molar-refractivity contribution is 5.80. The first-order chi connectivity index (χ1) is 18.0. The summed E-state index contributed by atoms with van der Waals surface area (Å²) in [5.74, 6) is 1.05. The van der Waals surface area contributed by atoms with Crippen molar-refractivity contribution in [3.05, 3.63) is 53.9 Å². The van der Waals surface area contributed by atoms with Gasteiger partial charge in [-0.15, -0.1) is 0 Å². The van der Waals surface area contributed by atoms with E-state index in [-0.39, 0.29) is 29.7 Å². The van der Waals surface area contributed by atoms with Crippen LogP contribution in [0.5, 0.6) is 0 Å². The van der Waals surface area contributed by atoms with Gasteiger partial charge in [0.15, 0.2) is 5.65 Å². The number of nitrogens with one attached hydrogen (secondary N) is 1. The van der Waals surface area contributed by atoms with Gasteiger partial charge in [0.1, 0.15) is 24.1 Å². The van der Waals surface area contributed by atoms with Crippen molar-refractivity contribution < 1.29 is 14.3 Å². The Hall–Kier alpha value is -3.79. The summed E-state index contributed by atoms with van der Waals surface area (Å²) in [7, 11) is 0. The normalized spacial score (nSPS) is 23.2. The highest BCUT2D eigenvalue weighted by atomic mass is 19.1. The van der Waals surface area contributed by atoms with E-state index in [1.165, 1.54) is 6.07 Å². The fourth-order valence-corrected chi connectivity index (χ4v) is 6.53. The number of hydrogen-bond donors (Lipinski definition) is 3. The van der Waals surface area contributed by atoms with Gasteiger partial charge in [-0.3, -0.25) is 4.79 Å². The molecule has 4 N–H and O–H groups in total. The Morgan fingerprint density at radius 2 is 1.92 bits per heavy atom. The summed E-state index contributed by atoms with van der Waals surface area (Å²) < 4.78 is 16.8. The smallest absolute Gasteiger partial charge is 0.248 e. The van der Waals surface area contributed by atoms with Crippen molar-refractivity contribution in [2.24, 2.45) is 0 Å². The van der Waals surface area contributed by atoms with Crippen molar-refractivity contribution in [1.82, 2.24) is 29.5 Å². The third-order valence-electron chi connectivity index (χ3n) is 8.31. The second-order valence-corrected chi connectivity index (χ2v) is 10.5. The van der Waals surface area contributed by atoms with E-state index < -0.39 is 6.61 Å². The van der Waals surface area contributed by atoms with Gasteiger partial charge in [-0.2, -0.15) is 9.61 Å². The minimum atomic E-state index is -0.448. The predicted molar refractivity (Wildman–Crippen MR) is 135 cm³/mol. The Balaban J connectivity index is 1.31. The Morgan fingerprint density at radius 3 is 2.57 bits per heavy atom. The fourth-order valence-electron chi connectivity index (χ4n) is 6.53. The zero-order valence-electron chi connectivity index (χ0n) is 20.3. The largest absolute Gasteiger partial charge is 0.387 e. The average molecular weight is 502 g/mol. The molecule has 190 valence electrons. The lowest BCUT2D eigenvalue weighted by Crippen LogP contribution is -2.47. The summed E-state index contributed by atoms with van der Waals surface area (Å²) in [6.07, 6.45) is 10.6. The van der Waals surface area contributed by atoms with Gasteiger partial charge >= 0.3 is 0 Å². The number of piperidine rings is 1. The van der Waals surface area contributed by atoms with Crippen molar-refractivity contribution in [2.75, 3.05) is 12.3 Å². The van der Waals surface area contributed by atoms with Crippen LogP contribution in [0.2, 0.25) is 0 Å². The summed E-state index contributed by atoms with van der Waals surface area (Å²) in [4.78, 5) is 26.5. The van der Waals surface area contributed by atoms with E-state index >= 15 is 4.39 Å². The fraction of sp³-hybridized carbons (Fsp3) is 0.407. The van der Waals surface area contributed by atoms with Crippen LogP contribution in [0.3, 0.4) is 0 Å². The highest BCUT2D eigenvalue weighted by Gasteiger charge is 2.45. The molecule has 1 amide bonds. The number of nitrogen functional groups attached to an aromatic ring is 1. The van der Waals surface area contributed by atoms with Gasteiger partial charge in [-0.25, -0.2) is 14.4 Å². The van der Waals surface area contributed by atoms with Crippen molar-refractivity contribution >= 4 is 17.4 Å². The van der Waals surface area contributed by atoms with Crippen LogP contribution in [0, 0.1) is 5.82 Å². The molecule has 3 atom stereocenters. The van der Waals surface area contributed by atoms with Crippen LogP contribution < -0.4 is 5.73 Å². The molecule has 5 heterocycles. The summed E-state index contributed by atoms with van der Waals surface area (Å²) in [5, 5.41) is 14.0. The van der Waals surface area contributed by atoms with E-state index in [1.54, 1.807) is 29.2 Å². The molecule has 1 aliphatic carbocycles. The summed E-state index contributed by atoms with van der Waals surface area (Å²) in [6.45, 7) is -0.448. The Morgan fingerprint density at radius 1 is 1.14 bits per heavy atom. The highest BCUT2D eigenvalue weighted by Crippen LogP contribution is 2.50. The van der Waals surface area contributed by atoms with Crippen LogP contribution in [0.25, 0.3) is 28.2 Å². The van der Waals surface area contributed by atoms with E-state index in [0.29, 0.717) is 34.3 Å². The van der Waals surface area contributed by atoms with Crippen molar-refractivity contribution in [3.8, 4) is 22.5 Å². The number of hydrogen-bond acceptors (Lipinski definition) is 6. The molecule has 7 rings (SSSR count). The van der Waals surface area contributed by atoms with Gasteiger partial charge in [-0.1, -0.05) is 6.07 Å². The number of aliphatic hydroxyl groups excluding tert-OH is 1. The molecule has 0 radical (unpaired) electrons. The quantitative estimate of drug-likeness (QED) is 0.384. The van der Waals surface area contributed by atoms with Gasteiger partial charge in [0.25, 0.3) is 0 Å². The number of benzene rings is 1. The summed E-state index contributed by atoms with van der Waals surface area (Å²) in [5.41, 5.74) is 11.2. The zero-order chi connectivity index (χ0) is 25.3. The number of aliphatic hydroxyl groups is 1. The van der Waals surface area contributed by atoms with E-state index in [0.717, 1.165) is 55.3 Å². The van der Waals surface area contributed by atoms with Gasteiger partial charge in [0.2, 0.25) is 5.91 Å². The van der Waals surface area contributed by atoms with E-state index in [9.17, 15) is 9.90 Å². The average Bonchev–Trinajstić information content (AvgIpc) is 3.29. The molecule has 2 saturated heterocycles. The lowest BCUT2D eigenvalue weighted by atomic mass is 9.85. The maximum absolute atomic E-state index is 15.1. The van der Waals surface area contributed by atoms with Gasteiger partial charge in [0.05, 0.1) is 17.5 Å². The molecule has 37 heavy (non-hydrogen) atoms. The standard InChI is InChI=1S/C27H28FN7O2/c28-21-11-15(3-6-19(21)26-30-7-8-31-26)20-12-32-35-25(29)23(14-1-2-14)24(33-27(20)35)16-9-17-4-5-18(10-16)34(17)22(37)13-36/h3,6-8,11-12,14,16-18,36H,1-2,4-5,9-10,13,29H2,(H,30,31)/t16?,17-,18+. The Kier molecular flexibility index (Phi) is 5.07. The van der Waals surface area contributed by atoms with Crippen molar-refractivity contribution in [2.45, 2.75) is 62.4 Å². The van der Waals surface area contributed by atoms with Crippen LogP contribution >= 0.6 is 0 Å².